The summed E-state index contributed by atoms with van der Waals surface area (Å²) in [6.45, 7) is 9.55. The average Bonchev–Trinajstić information content (AvgIpc) is 2.28. The van der Waals surface area contributed by atoms with Gasteiger partial charge in [-0.2, -0.15) is 11.8 Å². The van der Waals surface area contributed by atoms with E-state index < -0.39 is 0 Å². The molecule has 1 N–H and O–H groups in total. The summed E-state index contributed by atoms with van der Waals surface area (Å²) in [5.74, 6) is 1.27. The summed E-state index contributed by atoms with van der Waals surface area (Å²) in [6.07, 6.45) is 3.47. The number of nitrogens with zero attached hydrogens (tertiary/aromatic N) is 1. The molecule has 1 fully saturated rings. The average molecular weight is 246 g/mol. The Balaban J connectivity index is 2.26. The molecule has 0 aliphatic carbocycles. The molecule has 96 valence electrons. The predicted molar refractivity (Wildman–Crippen MR) is 72.3 cm³/mol. The highest BCUT2D eigenvalue weighted by Crippen LogP contribution is 2.08. The van der Waals surface area contributed by atoms with Crippen LogP contribution in [0.4, 0.5) is 0 Å². The molecule has 0 aromatic carbocycles. The van der Waals surface area contributed by atoms with Crippen LogP contribution in [0.3, 0.4) is 0 Å². The van der Waals surface area contributed by atoms with E-state index in [0.717, 1.165) is 26.3 Å². The number of hydrogen-bond acceptors (Lipinski definition) is 4. The van der Waals surface area contributed by atoms with Gasteiger partial charge in [0.25, 0.3) is 0 Å². The number of thioether (sulfide) groups is 1. The van der Waals surface area contributed by atoms with Crippen molar-refractivity contribution < 1.29 is 4.74 Å². The van der Waals surface area contributed by atoms with Gasteiger partial charge in [0.15, 0.2) is 0 Å². The van der Waals surface area contributed by atoms with Crippen molar-refractivity contribution in [2.75, 3.05) is 44.9 Å². The molecule has 0 amide bonds. The van der Waals surface area contributed by atoms with E-state index in [1.165, 1.54) is 18.7 Å². The van der Waals surface area contributed by atoms with Crippen LogP contribution >= 0.6 is 11.8 Å². The van der Waals surface area contributed by atoms with Gasteiger partial charge in [-0.1, -0.05) is 13.8 Å². The van der Waals surface area contributed by atoms with Crippen LogP contribution in [0.25, 0.3) is 0 Å². The standard InChI is InChI=1S/C12H26N2OS/c1-11(2)13-9-12-10-15-7-6-14(12)5-4-8-16-3/h11-13H,4-10H2,1-3H3. The summed E-state index contributed by atoms with van der Waals surface area (Å²) in [5, 5.41) is 3.51. The maximum absolute atomic E-state index is 5.56. The van der Waals surface area contributed by atoms with Crippen molar-refractivity contribution >= 4 is 11.8 Å². The third-order valence-corrected chi connectivity index (χ3v) is 3.60. The summed E-state index contributed by atoms with van der Waals surface area (Å²) in [4.78, 5) is 2.58. The van der Waals surface area contributed by atoms with E-state index in [9.17, 15) is 0 Å². The van der Waals surface area contributed by atoms with E-state index >= 15 is 0 Å². The zero-order valence-corrected chi connectivity index (χ0v) is 11.7. The van der Waals surface area contributed by atoms with Gasteiger partial charge in [-0.3, -0.25) is 4.90 Å². The largest absolute Gasteiger partial charge is 0.378 e. The maximum Gasteiger partial charge on any atom is 0.0634 e. The highest BCUT2D eigenvalue weighted by Gasteiger charge is 2.22. The van der Waals surface area contributed by atoms with Crippen molar-refractivity contribution in [3.63, 3.8) is 0 Å². The topological polar surface area (TPSA) is 24.5 Å². The zero-order chi connectivity index (χ0) is 11.8. The molecule has 1 saturated heterocycles. The normalized spacial score (nSPS) is 22.9. The van der Waals surface area contributed by atoms with E-state index in [1.54, 1.807) is 0 Å². The fourth-order valence-electron chi connectivity index (χ4n) is 1.96. The molecular weight excluding hydrogens is 220 g/mol. The SMILES string of the molecule is CSCCCN1CCOCC1CNC(C)C. The van der Waals surface area contributed by atoms with Crippen molar-refractivity contribution in [3.8, 4) is 0 Å². The van der Waals surface area contributed by atoms with E-state index in [2.05, 4.69) is 30.3 Å². The van der Waals surface area contributed by atoms with Gasteiger partial charge in [-0.15, -0.1) is 0 Å². The molecule has 3 nitrogen and oxygen atoms in total. The molecule has 0 aromatic rings. The summed E-state index contributed by atoms with van der Waals surface area (Å²) < 4.78 is 5.56. The Hall–Kier alpha value is 0.230. The fourth-order valence-corrected chi connectivity index (χ4v) is 2.37. The molecular formula is C12H26N2OS. The molecule has 1 aliphatic rings. The minimum absolute atomic E-state index is 0.565. The number of nitrogens with one attached hydrogen (secondary N) is 1. The smallest absolute Gasteiger partial charge is 0.0634 e. The van der Waals surface area contributed by atoms with Crippen molar-refractivity contribution in [1.82, 2.24) is 10.2 Å². The van der Waals surface area contributed by atoms with Gasteiger partial charge in [0.2, 0.25) is 0 Å². The lowest BCUT2D eigenvalue weighted by atomic mass is 10.2. The molecule has 4 heteroatoms. The minimum atomic E-state index is 0.565. The third-order valence-electron chi connectivity index (χ3n) is 2.90. The minimum Gasteiger partial charge on any atom is -0.378 e. The lowest BCUT2D eigenvalue weighted by Gasteiger charge is -2.36. The predicted octanol–water partition coefficient (Wildman–Crippen LogP) is 1.44. The quantitative estimate of drug-likeness (QED) is 0.687. The summed E-state index contributed by atoms with van der Waals surface area (Å²) >= 11 is 1.94. The summed E-state index contributed by atoms with van der Waals surface area (Å²) in [5.41, 5.74) is 0. The number of morpholine rings is 1. The van der Waals surface area contributed by atoms with Gasteiger partial charge < -0.3 is 10.1 Å². The Labute approximate surface area is 104 Å². The lowest BCUT2D eigenvalue weighted by molar-refractivity contribution is -0.00704. The molecule has 1 atom stereocenters. The van der Waals surface area contributed by atoms with E-state index in [-0.39, 0.29) is 0 Å². The van der Waals surface area contributed by atoms with Gasteiger partial charge in [-0.25, -0.2) is 0 Å². The van der Waals surface area contributed by atoms with E-state index in [4.69, 9.17) is 4.74 Å². The van der Waals surface area contributed by atoms with Crippen molar-refractivity contribution in [2.45, 2.75) is 32.4 Å². The van der Waals surface area contributed by atoms with Gasteiger partial charge in [0.05, 0.1) is 13.2 Å². The van der Waals surface area contributed by atoms with Gasteiger partial charge in [0.1, 0.15) is 0 Å². The molecule has 0 aromatic heterocycles. The van der Waals surface area contributed by atoms with Gasteiger partial charge in [-0.05, 0) is 25.0 Å². The number of hydrogen-bond donors (Lipinski definition) is 1. The first-order valence-corrected chi connectivity index (χ1v) is 7.67. The highest BCUT2D eigenvalue weighted by molar-refractivity contribution is 7.98. The molecule has 16 heavy (non-hydrogen) atoms. The van der Waals surface area contributed by atoms with Crippen molar-refractivity contribution in [1.29, 1.82) is 0 Å². The van der Waals surface area contributed by atoms with Gasteiger partial charge >= 0.3 is 0 Å². The van der Waals surface area contributed by atoms with Gasteiger partial charge in [0, 0.05) is 25.2 Å². The van der Waals surface area contributed by atoms with E-state index in [1.807, 2.05) is 11.8 Å². The molecule has 0 saturated carbocycles. The van der Waals surface area contributed by atoms with Crippen LogP contribution in [0.15, 0.2) is 0 Å². The Morgan fingerprint density at radius 1 is 1.50 bits per heavy atom. The first-order valence-electron chi connectivity index (χ1n) is 6.28. The molecule has 1 rings (SSSR count). The van der Waals surface area contributed by atoms with Crippen molar-refractivity contribution in [3.05, 3.63) is 0 Å². The first kappa shape index (κ1) is 14.3. The van der Waals surface area contributed by atoms with Crippen LogP contribution in [-0.2, 0) is 4.74 Å². The van der Waals surface area contributed by atoms with Crippen LogP contribution in [0.5, 0.6) is 0 Å². The Morgan fingerprint density at radius 2 is 2.31 bits per heavy atom. The summed E-state index contributed by atoms with van der Waals surface area (Å²) in [7, 11) is 0. The summed E-state index contributed by atoms with van der Waals surface area (Å²) in [6, 6.07) is 1.13. The third kappa shape index (κ3) is 5.53. The molecule has 0 radical (unpaired) electrons. The molecule has 0 bridgehead atoms. The van der Waals surface area contributed by atoms with Crippen LogP contribution < -0.4 is 5.32 Å². The highest BCUT2D eigenvalue weighted by atomic mass is 32.2. The maximum atomic E-state index is 5.56. The van der Waals surface area contributed by atoms with Crippen LogP contribution in [0.2, 0.25) is 0 Å². The number of rotatable bonds is 7. The second-order valence-electron chi connectivity index (χ2n) is 4.67. The Bertz CT molecular complexity index is 178. The Kier molecular flexibility index (Phi) is 7.45. The van der Waals surface area contributed by atoms with Crippen LogP contribution in [-0.4, -0.2) is 61.8 Å². The second-order valence-corrected chi connectivity index (χ2v) is 5.66. The van der Waals surface area contributed by atoms with Crippen LogP contribution in [0.1, 0.15) is 20.3 Å². The molecule has 1 aliphatic heterocycles. The van der Waals surface area contributed by atoms with E-state index in [0.29, 0.717) is 12.1 Å². The lowest BCUT2D eigenvalue weighted by Crippen LogP contribution is -2.51. The molecule has 1 unspecified atom stereocenters. The van der Waals surface area contributed by atoms with Crippen molar-refractivity contribution in [2.24, 2.45) is 0 Å². The monoisotopic (exact) mass is 246 g/mol. The zero-order valence-electron chi connectivity index (χ0n) is 10.9. The number of ether oxygens (including phenoxy) is 1. The first-order chi connectivity index (χ1) is 7.74. The second kappa shape index (κ2) is 8.34. The Morgan fingerprint density at radius 3 is 3.00 bits per heavy atom. The molecule has 0 spiro atoms. The fraction of sp³-hybridized carbons (Fsp3) is 1.00. The van der Waals surface area contributed by atoms with Crippen LogP contribution in [0, 0.1) is 0 Å². The molecule has 1 heterocycles.